The zero-order chi connectivity index (χ0) is 18.0. The molecule has 0 bridgehead atoms. The van der Waals surface area contributed by atoms with Crippen molar-refractivity contribution < 1.29 is 38.2 Å². The fourth-order valence-corrected chi connectivity index (χ4v) is 0.886. The number of nitrogens with one attached hydrogen (secondary N) is 1. The first-order chi connectivity index (χ1) is 10.6. The van der Waals surface area contributed by atoms with Crippen molar-refractivity contribution in [3.05, 3.63) is 24.3 Å². The van der Waals surface area contributed by atoms with Gasteiger partial charge in [0, 0.05) is 24.3 Å². The monoisotopic (exact) mass is 325 g/mol. The number of carbonyl (C=O) groups is 6. The molecule has 0 fully saturated rings. The standard InChI is InChI=1S/C12H11N3O8/c13-6(12(21)23-10(19)4-2-8(15)17)5-11(20)22-9(18)3-1-7(14)16/h1-4,13H,5H2,(H2,14,16)(H2,15,17). The molecule has 0 aliphatic carbocycles. The molecule has 0 aromatic carbocycles. The summed E-state index contributed by atoms with van der Waals surface area (Å²) in [4.78, 5) is 65.2. The summed E-state index contributed by atoms with van der Waals surface area (Å²) in [5.41, 5.74) is 8.42. The first-order valence-electron chi connectivity index (χ1n) is 5.65. The van der Waals surface area contributed by atoms with E-state index >= 15 is 0 Å². The number of ether oxygens (including phenoxy) is 2. The Hall–Kier alpha value is -3.63. The number of esters is 4. The highest BCUT2D eigenvalue weighted by molar-refractivity contribution is 6.39. The smallest absolute Gasteiger partial charge is 0.360 e. The minimum Gasteiger partial charge on any atom is -0.390 e. The molecule has 0 aromatic rings. The van der Waals surface area contributed by atoms with Crippen LogP contribution in [0, 0.1) is 5.41 Å². The first kappa shape index (κ1) is 19.4. The Balaban J connectivity index is 4.41. The summed E-state index contributed by atoms with van der Waals surface area (Å²) < 4.78 is 8.21. The molecule has 0 heterocycles. The van der Waals surface area contributed by atoms with Gasteiger partial charge in [0.15, 0.2) is 0 Å². The van der Waals surface area contributed by atoms with Crippen LogP contribution in [0.4, 0.5) is 0 Å². The molecule has 5 N–H and O–H groups in total. The largest absolute Gasteiger partial charge is 0.390 e. The average Bonchev–Trinajstić information content (AvgIpc) is 2.42. The van der Waals surface area contributed by atoms with Crippen LogP contribution in [0.3, 0.4) is 0 Å². The molecular formula is C12H11N3O8. The Morgan fingerprint density at radius 1 is 0.783 bits per heavy atom. The summed E-state index contributed by atoms with van der Waals surface area (Å²) >= 11 is 0. The van der Waals surface area contributed by atoms with Gasteiger partial charge in [-0.25, -0.2) is 14.4 Å². The predicted molar refractivity (Wildman–Crippen MR) is 71.2 cm³/mol. The summed E-state index contributed by atoms with van der Waals surface area (Å²) in [7, 11) is 0. The molecular weight excluding hydrogens is 314 g/mol. The van der Waals surface area contributed by atoms with Gasteiger partial charge < -0.3 is 20.9 Å². The third-order valence-electron chi connectivity index (χ3n) is 1.74. The number of rotatable bonds is 7. The van der Waals surface area contributed by atoms with Crippen LogP contribution in [-0.4, -0.2) is 41.4 Å². The normalized spacial score (nSPS) is 10.3. The van der Waals surface area contributed by atoms with Gasteiger partial charge in [0.1, 0.15) is 5.71 Å². The van der Waals surface area contributed by atoms with Gasteiger partial charge in [0.25, 0.3) is 0 Å². The Kier molecular flexibility index (Phi) is 7.86. The van der Waals surface area contributed by atoms with Crippen molar-refractivity contribution in [1.82, 2.24) is 0 Å². The van der Waals surface area contributed by atoms with Crippen LogP contribution in [0.15, 0.2) is 24.3 Å². The predicted octanol–water partition coefficient (Wildman–Crippen LogP) is -2.38. The summed E-state index contributed by atoms with van der Waals surface area (Å²) in [6.07, 6.45) is 1.41. The van der Waals surface area contributed by atoms with Gasteiger partial charge in [-0.15, -0.1) is 0 Å². The van der Waals surface area contributed by atoms with Gasteiger partial charge in [-0.1, -0.05) is 0 Å². The zero-order valence-corrected chi connectivity index (χ0v) is 11.4. The molecule has 0 unspecified atom stereocenters. The van der Waals surface area contributed by atoms with E-state index in [9.17, 15) is 28.8 Å². The minimum absolute atomic E-state index is 0.546. The molecule has 0 atom stereocenters. The molecule has 0 spiro atoms. The molecule has 0 aliphatic heterocycles. The number of primary amides is 2. The van der Waals surface area contributed by atoms with Crippen molar-refractivity contribution in [2.75, 3.05) is 0 Å². The van der Waals surface area contributed by atoms with E-state index in [2.05, 4.69) is 9.47 Å². The highest BCUT2D eigenvalue weighted by atomic mass is 16.6. The molecule has 0 aromatic heterocycles. The molecule has 11 nitrogen and oxygen atoms in total. The van der Waals surface area contributed by atoms with Crippen LogP contribution < -0.4 is 11.5 Å². The lowest BCUT2D eigenvalue weighted by molar-refractivity contribution is -0.157. The summed E-state index contributed by atoms with van der Waals surface area (Å²) in [5.74, 6) is -7.22. The van der Waals surface area contributed by atoms with Crippen LogP contribution in [0.2, 0.25) is 0 Å². The first-order valence-corrected chi connectivity index (χ1v) is 5.65. The fraction of sp³-hybridized carbons (Fsp3) is 0.0833. The summed E-state index contributed by atoms with van der Waals surface area (Å²) in [6, 6.07) is 0. The van der Waals surface area contributed by atoms with Gasteiger partial charge >= 0.3 is 23.9 Å². The second-order valence-electron chi connectivity index (χ2n) is 3.63. The molecule has 2 amide bonds. The second-order valence-corrected chi connectivity index (χ2v) is 3.63. The van der Waals surface area contributed by atoms with Crippen molar-refractivity contribution in [2.45, 2.75) is 6.42 Å². The second kappa shape index (κ2) is 9.33. The maximum atomic E-state index is 11.2. The Bertz CT molecular complexity index is 632. The maximum absolute atomic E-state index is 11.2. The van der Waals surface area contributed by atoms with E-state index in [1.54, 1.807) is 0 Å². The van der Waals surface area contributed by atoms with Gasteiger partial charge in [0.2, 0.25) is 11.8 Å². The Morgan fingerprint density at radius 3 is 1.65 bits per heavy atom. The van der Waals surface area contributed by atoms with E-state index in [0.717, 1.165) is 0 Å². The van der Waals surface area contributed by atoms with Crippen LogP contribution in [0.25, 0.3) is 0 Å². The fourth-order valence-electron chi connectivity index (χ4n) is 0.886. The lowest BCUT2D eigenvalue weighted by atomic mass is 10.3. The minimum atomic E-state index is -1.49. The zero-order valence-electron chi connectivity index (χ0n) is 11.4. The molecule has 0 saturated carbocycles. The van der Waals surface area contributed by atoms with Crippen LogP contribution >= 0.6 is 0 Å². The number of nitrogens with two attached hydrogens (primary N) is 2. The molecule has 0 rings (SSSR count). The number of amides is 2. The van der Waals surface area contributed by atoms with Crippen LogP contribution in [0.1, 0.15) is 6.42 Å². The van der Waals surface area contributed by atoms with Gasteiger partial charge in [0.05, 0.1) is 6.42 Å². The summed E-state index contributed by atoms with van der Waals surface area (Å²) in [6.45, 7) is 0. The SMILES string of the molecule is N=C(CC(=O)OC(=O)C=CC(N)=O)C(=O)OC(=O)C=CC(N)=O. The highest BCUT2D eigenvalue weighted by Crippen LogP contribution is 1.95. The number of carbonyl (C=O) groups excluding carboxylic acids is 6. The maximum Gasteiger partial charge on any atom is 0.360 e. The molecule has 11 heteroatoms. The van der Waals surface area contributed by atoms with Crippen molar-refractivity contribution >= 4 is 41.4 Å². The van der Waals surface area contributed by atoms with E-state index in [4.69, 9.17) is 16.9 Å². The van der Waals surface area contributed by atoms with E-state index in [1.165, 1.54) is 0 Å². The lowest BCUT2D eigenvalue weighted by Crippen LogP contribution is -2.24. The van der Waals surface area contributed by atoms with E-state index in [1.807, 2.05) is 0 Å². The van der Waals surface area contributed by atoms with E-state index < -0.39 is 47.8 Å². The molecule has 0 aliphatic rings. The number of hydrogen-bond donors (Lipinski definition) is 3. The van der Waals surface area contributed by atoms with E-state index in [-0.39, 0.29) is 0 Å². The Labute approximate surface area is 128 Å². The highest BCUT2D eigenvalue weighted by Gasteiger charge is 2.20. The van der Waals surface area contributed by atoms with Gasteiger partial charge in [-0.05, 0) is 0 Å². The Morgan fingerprint density at radius 2 is 1.22 bits per heavy atom. The third-order valence-corrected chi connectivity index (χ3v) is 1.74. The van der Waals surface area contributed by atoms with Gasteiger partial charge in [-0.3, -0.25) is 19.8 Å². The van der Waals surface area contributed by atoms with Gasteiger partial charge in [-0.2, -0.15) is 0 Å². The molecule has 23 heavy (non-hydrogen) atoms. The summed E-state index contributed by atoms with van der Waals surface area (Å²) in [5, 5.41) is 7.20. The van der Waals surface area contributed by atoms with Crippen molar-refractivity contribution in [3.63, 3.8) is 0 Å². The van der Waals surface area contributed by atoms with E-state index in [0.29, 0.717) is 24.3 Å². The third kappa shape index (κ3) is 9.84. The van der Waals surface area contributed by atoms with Crippen LogP contribution in [-0.2, 0) is 38.2 Å². The molecule has 0 radical (unpaired) electrons. The lowest BCUT2D eigenvalue weighted by Gasteiger charge is -2.02. The average molecular weight is 325 g/mol. The van der Waals surface area contributed by atoms with Crippen LogP contribution in [0.5, 0.6) is 0 Å². The van der Waals surface area contributed by atoms with Crippen molar-refractivity contribution in [2.24, 2.45) is 11.5 Å². The molecule has 122 valence electrons. The van der Waals surface area contributed by atoms with Crippen molar-refractivity contribution in [3.8, 4) is 0 Å². The quantitative estimate of drug-likeness (QED) is 0.199. The van der Waals surface area contributed by atoms with Crippen molar-refractivity contribution in [1.29, 1.82) is 5.41 Å². The topological polar surface area (TPSA) is 197 Å². The molecule has 0 saturated heterocycles. The number of hydrogen-bond acceptors (Lipinski definition) is 9.